The Morgan fingerprint density at radius 3 is 2.73 bits per heavy atom. The van der Waals surface area contributed by atoms with Gasteiger partial charge in [-0.2, -0.15) is 0 Å². The highest BCUT2D eigenvalue weighted by Crippen LogP contribution is 2.21. The Hall–Kier alpha value is -2.50. The largest absolute Gasteiger partial charge is 0.390 e. The summed E-state index contributed by atoms with van der Waals surface area (Å²) < 4.78 is 0. The van der Waals surface area contributed by atoms with Gasteiger partial charge in [0.25, 0.3) is 0 Å². The number of benzene rings is 1. The molecule has 0 fully saturated rings. The molecule has 0 saturated carbocycles. The van der Waals surface area contributed by atoms with E-state index >= 15 is 0 Å². The van der Waals surface area contributed by atoms with Crippen molar-refractivity contribution in [2.24, 2.45) is 0 Å². The number of pyridine rings is 1. The fraction of sp³-hybridized carbons (Fsp3) is 0.0625. The van der Waals surface area contributed by atoms with Gasteiger partial charge in [-0.25, -0.2) is 9.97 Å². The van der Waals surface area contributed by atoms with Gasteiger partial charge in [0.2, 0.25) is 5.95 Å². The molecule has 22 heavy (non-hydrogen) atoms. The molecule has 0 spiro atoms. The zero-order valence-electron chi connectivity index (χ0n) is 11.6. The highest BCUT2D eigenvalue weighted by Gasteiger charge is 2.04. The van der Waals surface area contributed by atoms with Gasteiger partial charge in [0.05, 0.1) is 18.0 Å². The molecule has 2 N–H and O–H groups in total. The molecule has 0 radical (unpaired) electrons. The molecule has 110 valence electrons. The molecule has 0 bridgehead atoms. The van der Waals surface area contributed by atoms with Crippen molar-refractivity contribution in [3.8, 4) is 11.3 Å². The highest BCUT2D eigenvalue weighted by atomic mass is 35.5. The summed E-state index contributed by atoms with van der Waals surface area (Å²) in [7, 11) is 0. The topological polar surface area (TPSA) is 70.9 Å². The number of rotatable bonds is 4. The molecule has 5 nitrogen and oxygen atoms in total. The first kappa shape index (κ1) is 14.4. The van der Waals surface area contributed by atoms with Crippen LogP contribution in [0.5, 0.6) is 0 Å². The quantitative estimate of drug-likeness (QED) is 0.772. The van der Waals surface area contributed by atoms with Gasteiger partial charge in [-0.1, -0.05) is 17.7 Å². The molecule has 0 atom stereocenters. The number of aliphatic hydroxyl groups is 1. The Kier molecular flexibility index (Phi) is 4.27. The number of anilines is 2. The number of nitrogens with one attached hydrogen (secondary N) is 1. The summed E-state index contributed by atoms with van der Waals surface area (Å²) in [5.41, 5.74) is 3.03. The van der Waals surface area contributed by atoms with Crippen molar-refractivity contribution < 1.29 is 5.11 Å². The third kappa shape index (κ3) is 3.39. The molecular weight excluding hydrogens is 300 g/mol. The molecule has 6 heteroatoms. The Bertz CT molecular complexity index is 794. The molecule has 2 aromatic heterocycles. The van der Waals surface area contributed by atoms with Crippen molar-refractivity contribution in [2.75, 3.05) is 5.32 Å². The zero-order chi connectivity index (χ0) is 15.4. The predicted octanol–water partition coefficient (Wildman–Crippen LogP) is 3.43. The molecule has 1 aromatic carbocycles. The third-order valence-corrected chi connectivity index (χ3v) is 3.25. The predicted molar refractivity (Wildman–Crippen MR) is 85.9 cm³/mol. The highest BCUT2D eigenvalue weighted by molar-refractivity contribution is 6.30. The van der Waals surface area contributed by atoms with E-state index in [1.54, 1.807) is 36.7 Å². The molecule has 0 aliphatic rings. The summed E-state index contributed by atoms with van der Waals surface area (Å²) in [6, 6.07) is 12.8. The summed E-state index contributed by atoms with van der Waals surface area (Å²) in [6.45, 7) is -0.105. The average molecular weight is 313 g/mol. The minimum atomic E-state index is -0.105. The van der Waals surface area contributed by atoms with Gasteiger partial charge in [0, 0.05) is 28.7 Å². The van der Waals surface area contributed by atoms with E-state index in [4.69, 9.17) is 16.7 Å². The van der Waals surface area contributed by atoms with Crippen molar-refractivity contribution in [1.82, 2.24) is 15.0 Å². The van der Waals surface area contributed by atoms with Crippen molar-refractivity contribution in [2.45, 2.75) is 6.61 Å². The van der Waals surface area contributed by atoms with Crippen LogP contribution in [0.3, 0.4) is 0 Å². The van der Waals surface area contributed by atoms with Crippen LogP contribution in [0.4, 0.5) is 11.6 Å². The summed E-state index contributed by atoms with van der Waals surface area (Å²) in [6.07, 6.45) is 3.32. The maximum atomic E-state index is 9.16. The van der Waals surface area contributed by atoms with Crippen LogP contribution in [0.2, 0.25) is 5.02 Å². The molecule has 0 aliphatic carbocycles. The first-order valence-corrected chi connectivity index (χ1v) is 7.04. The minimum Gasteiger partial charge on any atom is -0.390 e. The second-order valence-electron chi connectivity index (χ2n) is 4.59. The molecule has 0 unspecified atom stereocenters. The molecule has 3 aromatic rings. The summed E-state index contributed by atoms with van der Waals surface area (Å²) in [5, 5.41) is 12.9. The fourth-order valence-electron chi connectivity index (χ4n) is 2.00. The van der Waals surface area contributed by atoms with Gasteiger partial charge >= 0.3 is 0 Å². The van der Waals surface area contributed by atoms with E-state index in [0.717, 1.165) is 16.9 Å². The molecule has 3 rings (SSSR count). The van der Waals surface area contributed by atoms with Gasteiger partial charge in [0.1, 0.15) is 0 Å². The average Bonchev–Trinajstić information content (AvgIpc) is 2.55. The standard InChI is InChI=1S/C16H13ClN4O/c17-12-2-1-3-13(9-12)20-16-19-7-5-15(21-16)11-4-6-18-14(8-11)10-22/h1-9,22H,10H2,(H,19,20,21). The zero-order valence-corrected chi connectivity index (χ0v) is 12.3. The number of aliphatic hydroxyl groups excluding tert-OH is 1. The second kappa shape index (κ2) is 6.51. The molecule has 0 saturated heterocycles. The van der Waals surface area contributed by atoms with Crippen LogP contribution in [-0.2, 0) is 6.61 Å². The van der Waals surface area contributed by atoms with Crippen molar-refractivity contribution >= 4 is 23.2 Å². The lowest BCUT2D eigenvalue weighted by atomic mass is 10.1. The van der Waals surface area contributed by atoms with Crippen LogP contribution in [0, 0.1) is 0 Å². The van der Waals surface area contributed by atoms with Crippen molar-refractivity contribution in [1.29, 1.82) is 0 Å². The summed E-state index contributed by atoms with van der Waals surface area (Å²) in [4.78, 5) is 12.7. The summed E-state index contributed by atoms with van der Waals surface area (Å²) >= 11 is 5.96. The molecule has 0 amide bonds. The van der Waals surface area contributed by atoms with Crippen LogP contribution in [0.15, 0.2) is 54.9 Å². The van der Waals surface area contributed by atoms with E-state index in [2.05, 4.69) is 20.3 Å². The van der Waals surface area contributed by atoms with Gasteiger partial charge in [0.15, 0.2) is 0 Å². The fourth-order valence-corrected chi connectivity index (χ4v) is 2.19. The van der Waals surface area contributed by atoms with Crippen LogP contribution in [0.1, 0.15) is 5.69 Å². The number of hydrogen-bond acceptors (Lipinski definition) is 5. The first-order chi connectivity index (χ1) is 10.7. The van der Waals surface area contributed by atoms with Gasteiger partial charge in [-0.3, -0.25) is 4.98 Å². The monoisotopic (exact) mass is 312 g/mol. The molecular formula is C16H13ClN4O. The smallest absolute Gasteiger partial charge is 0.227 e. The lowest BCUT2D eigenvalue weighted by Crippen LogP contribution is -1.98. The number of aromatic nitrogens is 3. The van der Waals surface area contributed by atoms with E-state index in [9.17, 15) is 0 Å². The van der Waals surface area contributed by atoms with E-state index in [0.29, 0.717) is 16.7 Å². The molecule has 2 heterocycles. The van der Waals surface area contributed by atoms with Crippen molar-refractivity contribution in [3.63, 3.8) is 0 Å². The maximum Gasteiger partial charge on any atom is 0.227 e. The van der Waals surface area contributed by atoms with Crippen LogP contribution in [-0.4, -0.2) is 20.1 Å². The number of hydrogen-bond donors (Lipinski definition) is 2. The molecule has 0 aliphatic heterocycles. The summed E-state index contributed by atoms with van der Waals surface area (Å²) in [5.74, 6) is 0.474. The SMILES string of the molecule is OCc1cc(-c2ccnc(Nc3cccc(Cl)c3)n2)ccn1. The lowest BCUT2D eigenvalue weighted by Gasteiger charge is -2.07. The van der Waals surface area contributed by atoms with E-state index in [-0.39, 0.29) is 6.61 Å². The Balaban J connectivity index is 1.89. The van der Waals surface area contributed by atoms with E-state index in [1.165, 1.54) is 0 Å². The van der Waals surface area contributed by atoms with Crippen molar-refractivity contribution in [3.05, 3.63) is 65.6 Å². The van der Waals surface area contributed by atoms with Crippen LogP contribution >= 0.6 is 11.6 Å². The Morgan fingerprint density at radius 2 is 1.91 bits per heavy atom. The van der Waals surface area contributed by atoms with Gasteiger partial charge < -0.3 is 10.4 Å². The van der Waals surface area contributed by atoms with Crippen LogP contribution in [0.25, 0.3) is 11.3 Å². The number of nitrogens with zero attached hydrogens (tertiary/aromatic N) is 3. The third-order valence-electron chi connectivity index (χ3n) is 3.01. The van der Waals surface area contributed by atoms with E-state index < -0.39 is 0 Å². The second-order valence-corrected chi connectivity index (χ2v) is 5.03. The normalized spacial score (nSPS) is 10.5. The van der Waals surface area contributed by atoms with Crippen LogP contribution < -0.4 is 5.32 Å². The maximum absolute atomic E-state index is 9.16. The Morgan fingerprint density at radius 1 is 1.05 bits per heavy atom. The first-order valence-electron chi connectivity index (χ1n) is 6.66. The number of halogens is 1. The Labute approximate surface area is 132 Å². The van der Waals surface area contributed by atoms with Gasteiger partial charge in [-0.15, -0.1) is 0 Å². The van der Waals surface area contributed by atoms with E-state index in [1.807, 2.05) is 18.2 Å². The lowest BCUT2D eigenvalue weighted by molar-refractivity contribution is 0.277. The van der Waals surface area contributed by atoms with Gasteiger partial charge in [-0.05, 0) is 36.4 Å². The minimum absolute atomic E-state index is 0.105.